The van der Waals surface area contributed by atoms with Crippen LogP contribution in [0.3, 0.4) is 0 Å². The Hall–Kier alpha value is -1.29. The van der Waals surface area contributed by atoms with E-state index < -0.39 is 0 Å². The molecule has 1 aromatic carbocycles. The summed E-state index contributed by atoms with van der Waals surface area (Å²) in [7, 11) is 0. The Morgan fingerprint density at radius 3 is 2.73 bits per heavy atom. The van der Waals surface area contributed by atoms with Gasteiger partial charge in [0, 0.05) is 13.2 Å². The number of aliphatic hydroxyl groups is 1. The van der Waals surface area contributed by atoms with Gasteiger partial charge < -0.3 is 16.2 Å². The zero-order valence-corrected chi connectivity index (χ0v) is 8.67. The lowest BCUT2D eigenvalue weighted by Crippen LogP contribution is -2.04. The molecule has 4 N–H and O–H groups in total. The van der Waals surface area contributed by atoms with E-state index in [9.17, 15) is 4.39 Å². The van der Waals surface area contributed by atoms with Crippen LogP contribution in [0, 0.1) is 5.82 Å². The summed E-state index contributed by atoms with van der Waals surface area (Å²) in [5.74, 6) is -0.321. The van der Waals surface area contributed by atoms with Crippen molar-refractivity contribution in [2.24, 2.45) is 0 Å². The summed E-state index contributed by atoms with van der Waals surface area (Å²) in [6, 6.07) is 4.32. The van der Waals surface area contributed by atoms with Crippen molar-refractivity contribution < 1.29 is 9.50 Å². The second-order valence-electron chi connectivity index (χ2n) is 3.44. The average Bonchev–Trinajstić information content (AvgIpc) is 2.20. The first kappa shape index (κ1) is 11.8. The Morgan fingerprint density at radius 2 is 2.07 bits per heavy atom. The first-order chi connectivity index (χ1) is 7.24. The predicted octanol–water partition coefficient (Wildman–Crippen LogP) is 1.98. The van der Waals surface area contributed by atoms with E-state index in [1.54, 1.807) is 6.07 Å². The summed E-state index contributed by atoms with van der Waals surface area (Å²) < 4.78 is 12.7. The molecule has 0 aliphatic carbocycles. The van der Waals surface area contributed by atoms with Gasteiger partial charge >= 0.3 is 0 Å². The van der Waals surface area contributed by atoms with Crippen LogP contribution in [0.25, 0.3) is 0 Å². The highest BCUT2D eigenvalue weighted by Gasteiger charge is 1.99. The highest BCUT2D eigenvalue weighted by Crippen LogP contribution is 2.18. The summed E-state index contributed by atoms with van der Waals surface area (Å²) in [5.41, 5.74) is 6.81. The fourth-order valence-corrected chi connectivity index (χ4v) is 1.33. The minimum absolute atomic E-state index is 0.235. The Kier molecular flexibility index (Phi) is 4.90. The number of nitrogens with two attached hydrogens (primary N) is 1. The number of aliphatic hydroxyl groups excluding tert-OH is 1. The third kappa shape index (κ3) is 4.16. The molecule has 0 saturated heterocycles. The van der Waals surface area contributed by atoms with Crippen LogP contribution in [0.2, 0.25) is 0 Å². The number of anilines is 2. The molecular formula is C11H17FN2O. The van der Waals surface area contributed by atoms with Crippen LogP contribution in [0.15, 0.2) is 18.2 Å². The maximum Gasteiger partial charge on any atom is 0.125 e. The molecule has 0 radical (unpaired) electrons. The molecule has 1 rings (SSSR count). The summed E-state index contributed by atoms with van der Waals surface area (Å²) in [6.45, 7) is 1.02. The summed E-state index contributed by atoms with van der Waals surface area (Å²) in [4.78, 5) is 0. The minimum atomic E-state index is -0.321. The van der Waals surface area contributed by atoms with Gasteiger partial charge in [0.25, 0.3) is 0 Å². The van der Waals surface area contributed by atoms with Crippen LogP contribution in [0.4, 0.5) is 15.8 Å². The Morgan fingerprint density at radius 1 is 1.27 bits per heavy atom. The van der Waals surface area contributed by atoms with Gasteiger partial charge in [0.1, 0.15) is 5.82 Å². The number of benzene rings is 1. The Labute approximate surface area is 89.1 Å². The smallest absolute Gasteiger partial charge is 0.125 e. The molecule has 0 aromatic heterocycles. The Balaban J connectivity index is 2.31. The van der Waals surface area contributed by atoms with Crippen molar-refractivity contribution in [1.82, 2.24) is 0 Å². The topological polar surface area (TPSA) is 58.3 Å². The molecule has 0 aliphatic heterocycles. The van der Waals surface area contributed by atoms with Crippen molar-refractivity contribution in [2.75, 3.05) is 24.2 Å². The van der Waals surface area contributed by atoms with Crippen molar-refractivity contribution in [3.8, 4) is 0 Å². The summed E-state index contributed by atoms with van der Waals surface area (Å²) in [6.07, 6.45) is 2.77. The van der Waals surface area contributed by atoms with Gasteiger partial charge in [-0.1, -0.05) is 0 Å². The van der Waals surface area contributed by atoms with Crippen LogP contribution in [-0.4, -0.2) is 18.3 Å². The normalized spacial score (nSPS) is 10.3. The third-order valence-corrected chi connectivity index (χ3v) is 2.16. The molecule has 84 valence electrons. The maximum atomic E-state index is 12.7. The second-order valence-corrected chi connectivity index (χ2v) is 3.44. The molecule has 0 aliphatic rings. The van der Waals surface area contributed by atoms with E-state index in [0.717, 1.165) is 31.5 Å². The second kappa shape index (κ2) is 6.24. The van der Waals surface area contributed by atoms with Crippen LogP contribution < -0.4 is 11.1 Å². The first-order valence-electron chi connectivity index (χ1n) is 5.14. The maximum absolute atomic E-state index is 12.7. The number of nitrogens with one attached hydrogen (secondary N) is 1. The van der Waals surface area contributed by atoms with Gasteiger partial charge in [-0.3, -0.25) is 0 Å². The fourth-order valence-electron chi connectivity index (χ4n) is 1.33. The van der Waals surface area contributed by atoms with E-state index in [4.69, 9.17) is 10.8 Å². The van der Waals surface area contributed by atoms with Crippen molar-refractivity contribution >= 4 is 11.4 Å². The molecule has 0 heterocycles. The van der Waals surface area contributed by atoms with Crippen molar-refractivity contribution in [1.29, 1.82) is 0 Å². The molecule has 0 spiro atoms. The van der Waals surface area contributed by atoms with Crippen molar-refractivity contribution in [3.63, 3.8) is 0 Å². The van der Waals surface area contributed by atoms with Gasteiger partial charge in [0.15, 0.2) is 0 Å². The van der Waals surface area contributed by atoms with Gasteiger partial charge in [-0.25, -0.2) is 4.39 Å². The number of nitrogen functional groups attached to an aromatic ring is 1. The molecule has 3 nitrogen and oxygen atoms in total. The Bertz CT molecular complexity index is 305. The van der Waals surface area contributed by atoms with E-state index in [0.29, 0.717) is 5.69 Å². The largest absolute Gasteiger partial charge is 0.397 e. The number of unbranched alkanes of at least 4 members (excludes halogenated alkanes) is 2. The molecule has 4 heteroatoms. The number of halogens is 1. The SMILES string of the molecule is Nc1cc(F)ccc1NCCCCCO. The van der Waals surface area contributed by atoms with E-state index >= 15 is 0 Å². The van der Waals surface area contributed by atoms with E-state index in [1.807, 2.05) is 0 Å². The van der Waals surface area contributed by atoms with Gasteiger partial charge in [-0.05, 0) is 37.5 Å². The van der Waals surface area contributed by atoms with Gasteiger partial charge in [-0.15, -0.1) is 0 Å². The summed E-state index contributed by atoms with van der Waals surface area (Å²) >= 11 is 0. The zero-order chi connectivity index (χ0) is 11.1. The third-order valence-electron chi connectivity index (χ3n) is 2.16. The van der Waals surface area contributed by atoms with Crippen molar-refractivity contribution in [3.05, 3.63) is 24.0 Å². The highest BCUT2D eigenvalue weighted by atomic mass is 19.1. The van der Waals surface area contributed by atoms with Gasteiger partial charge in [0.2, 0.25) is 0 Å². The minimum Gasteiger partial charge on any atom is -0.397 e. The van der Waals surface area contributed by atoms with Crippen molar-refractivity contribution in [2.45, 2.75) is 19.3 Å². The molecule has 0 fully saturated rings. The van der Waals surface area contributed by atoms with E-state index in [1.165, 1.54) is 12.1 Å². The fraction of sp³-hybridized carbons (Fsp3) is 0.455. The quantitative estimate of drug-likeness (QED) is 0.499. The van der Waals surface area contributed by atoms with E-state index in [-0.39, 0.29) is 12.4 Å². The zero-order valence-electron chi connectivity index (χ0n) is 8.67. The lowest BCUT2D eigenvalue weighted by atomic mass is 10.2. The molecule has 1 aromatic rings. The average molecular weight is 212 g/mol. The van der Waals surface area contributed by atoms with E-state index in [2.05, 4.69) is 5.32 Å². The standard InChI is InChI=1S/C11H17FN2O/c12-9-4-5-11(10(13)8-9)14-6-2-1-3-7-15/h4-5,8,14-15H,1-3,6-7,13H2. The highest BCUT2D eigenvalue weighted by molar-refractivity contribution is 5.65. The monoisotopic (exact) mass is 212 g/mol. The number of hydrogen-bond acceptors (Lipinski definition) is 3. The lowest BCUT2D eigenvalue weighted by molar-refractivity contribution is 0.283. The molecule has 15 heavy (non-hydrogen) atoms. The van der Waals surface area contributed by atoms with Crippen LogP contribution in [0.5, 0.6) is 0 Å². The molecule has 0 saturated carbocycles. The molecule has 0 bridgehead atoms. The van der Waals surface area contributed by atoms with Crippen LogP contribution >= 0.6 is 0 Å². The van der Waals surface area contributed by atoms with Crippen LogP contribution in [0.1, 0.15) is 19.3 Å². The number of hydrogen-bond donors (Lipinski definition) is 3. The molecule has 0 atom stereocenters. The lowest BCUT2D eigenvalue weighted by Gasteiger charge is -2.08. The van der Waals surface area contributed by atoms with Gasteiger partial charge in [0.05, 0.1) is 11.4 Å². The summed E-state index contributed by atoms with van der Waals surface area (Å²) in [5, 5.41) is 11.7. The molecule has 0 amide bonds. The first-order valence-corrected chi connectivity index (χ1v) is 5.14. The van der Waals surface area contributed by atoms with Crippen LogP contribution in [-0.2, 0) is 0 Å². The molecular weight excluding hydrogens is 195 g/mol. The molecule has 0 unspecified atom stereocenters. The predicted molar refractivity (Wildman–Crippen MR) is 60.2 cm³/mol. The van der Waals surface area contributed by atoms with Gasteiger partial charge in [-0.2, -0.15) is 0 Å². The number of rotatable bonds is 6.